The number of phenolic OH excluding ortho intramolecular Hbond substituents is 3. The molecule has 398 valence electrons. The monoisotopic (exact) mass is 1040 g/mol. The van der Waals surface area contributed by atoms with Crippen molar-refractivity contribution in [2.45, 2.75) is 121 Å². The minimum Gasteiger partial charge on any atom is -0.508 e. The van der Waals surface area contributed by atoms with E-state index in [9.17, 15) is 19.8 Å². The Balaban J connectivity index is 0.000000167. The number of phenols is 3. The van der Waals surface area contributed by atoms with Crippen molar-refractivity contribution in [2.75, 3.05) is 0 Å². The Morgan fingerprint density at radius 3 is 1.33 bits per heavy atom. The molecule has 76 heavy (non-hydrogen) atoms. The zero-order valence-electron chi connectivity index (χ0n) is 46.1. The van der Waals surface area contributed by atoms with Gasteiger partial charge in [-0.05, 0) is 177 Å². The second kappa shape index (κ2) is 26.9. The van der Waals surface area contributed by atoms with Gasteiger partial charge in [0.15, 0.2) is 0 Å². The fraction of sp³-hybridized carbons (Fsp3) is 0.323. The number of nitrogens with zero attached hydrogens (tertiary/aromatic N) is 4. The van der Waals surface area contributed by atoms with Crippen LogP contribution in [0.4, 0.5) is 0 Å². The van der Waals surface area contributed by atoms with Crippen LogP contribution in [0.15, 0.2) is 143 Å². The Kier molecular flexibility index (Phi) is 20.4. The first-order valence-electron chi connectivity index (χ1n) is 26.3. The predicted octanol–water partition coefficient (Wildman–Crippen LogP) is 14.7. The average molecular weight is 1040 g/mol. The van der Waals surface area contributed by atoms with E-state index in [4.69, 9.17) is 21.4 Å². The van der Waals surface area contributed by atoms with E-state index in [2.05, 4.69) is 110 Å². The van der Waals surface area contributed by atoms with Crippen LogP contribution in [0, 0.1) is 52.4 Å². The number of para-hydroxylation sites is 4. The highest BCUT2D eigenvalue weighted by Crippen LogP contribution is 2.35. The molecule has 10 nitrogen and oxygen atoms in total. The summed E-state index contributed by atoms with van der Waals surface area (Å²) in [6.07, 6.45) is 4.54. The van der Waals surface area contributed by atoms with Crippen molar-refractivity contribution in [2.24, 2.45) is 17.8 Å². The molecule has 0 bridgehead atoms. The van der Waals surface area contributed by atoms with E-state index >= 15 is 0 Å². The number of fused-ring (bicyclic) bond motifs is 6. The lowest BCUT2D eigenvalue weighted by atomic mass is 9.93. The van der Waals surface area contributed by atoms with Crippen molar-refractivity contribution in [3.63, 3.8) is 0 Å². The third-order valence-corrected chi connectivity index (χ3v) is 13.5. The molecular formula is C65H75ClN4O6. The summed E-state index contributed by atoms with van der Waals surface area (Å²) in [5.74, 6) is 4.05. The van der Waals surface area contributed by atoms with Gasteiger partial charge in [0.1, 0.15) is 28.2 Å². The number of hydrogen-bond acceptors (Lipinski definition) is 8. The smallest absolute Gasteiger partial charge is 0.351 e. The molecule has 2 aliphatic rings. The number of ether oxygens (including phenoxy) is 1. The second-order valence-electron chi connectivity index (χ2n) is 21.0. The molecule has 0 radical (unpaired) electrons. The lowest BCUT2D eigenvalue weighted by Gasteiger charge is -2.23. The third-order valence-electron chi connectivity index (χ3n) is 13.3. The molecule has 2 aliphatic heterocycles. The van der Waals surface area contributed by atoms with E-state index in [1.54, 1.807) is 33.4 Å². The van der Waals surface area contributed by atoms with Crippen LogP contribution in [0.25, 0.3) is 22.5 Å². The number of hydrogen-bond donors (Lipinski definition) is 3. The first-order valence-corrected chi connectivity index (χ1v) is 26.7. The van der Waals surface area contributed by atoms with E-state index < -0.39 is 0 Å². The van der Waals surface area contributed by atoms with Crippen molar-refractivity contribution < 1.29 is 20.1 Å². The standard InChI is InChI=1S/C24H26N2O2.C14H13ClN2O.2C10H14O.C7H8O/c1-15(2)11-19-7-5-6-8-22(19)28-23-14-21-20-13-17(4)16(3)12-18(20)9-10-26(21)24(27)25-23;1-8-5-10-3-4-17-12(11(10)6-9(8)2)7-13(15)16-14(17)18;2*1-8(2)7-9-5-3-4-6-10(9)11;1-6-4-2-3-5-7(6)8/h5-8,12-15H,9-11H2,1-4H3;5-7H,3-4H2,1-2H3;2*3-6,8,11H,7H2,1-2H3;2-5,8H,1H3. The molecule has 10 rings (SSSR count). The van der Waals surface area contributed by atoms with E-state index in [1.807, 2.05) is 85.8 Å². The van der Waals surface area contributed by atoms with Gasteiger partial charge in [-0.25, -0.2) is 9.59 Å². The van der Waals surface area contributed by atoms with Gasteiger partial charge in [-0.1, -0.05) is 138 Å². The number of benzene rings is 6. The number of halogens is 1. The Hall–Kier alpha value is -7.43. The second-order valence-corrected chi connectivity index (χ2v) is 21.4. The Bertz CT molecular complexity index is 3300. The first-order chi connectivity index (χ1) is 36.2. The highest BCUT2D eigenvalue weighted by atomic mass is 35.5. The minimum absolute atomic E-state index is 0.252. The number of aromatic hydroxyl groups is 3. The minimum atomic E-state index is -0.263. The maximum atomic E-state index is 12.7. The van der Waals surface area contributed by atoms with Crippen LogP contribution in [0.5, 0.6) is 28.9 Å². The van der Waals surface area contributed by atoms with E-state index in [0.29, 0.717) is 54.0 Å². The molecular weight excluding hydrogens is 968 g/mol. The van der Waals surface area contributed by atoms with Crippen LogP contribution in [-0.2, 0) is 45.2 Å². The molecule has 2 aromatic heterocycles. The molecule has 0 spiro atoms. The van der Waals surface area contributed by atoms with Gasteiger partial charge in [0.25, 0.3) is 0 Å². The van der Waals surface area contributed by atoms with Crippen LogP contribution < -0.4 is 16.1 Å². The topological polar surface area (TPSA) is 140 Å². The maximum absolute atomic E-state index is 12.7. The Morgan fingerprint density at radius 2 is 0.882 bits per heavy atom. The summed E-state index contributed by atoms with van der Waals surface area (Å²) < 4.78 is 9.55. The van der Waals surface area contributed by atoms with Gasteiger partial charge < -0.3 is 20.1 Å². The van der Waals surface area contributed by atoms with Gasteiger partial charge in [0, 0.05) is 36.3 Å². The fourth-order valence-electron chi connectivity index (χ4n) is 9.13. The van der Waals surface area contributed by atoms with Crippen molar-refractivity contribution in [1.29, 1.82) is 0 Å². The van der Waals surface area contributed by atoms with Crippen LogP contribution in [0.1, 0.15) is 97.2 Å². The molecule has 6 aromatic carbocycles. The number of aryl methyl sites for hydroxylation is 7. The zero-order chi connectivity index (χ0) is 55.2. The molecule has 4 heterocycles. The van der Waals surface area contributed by atoms with Gasteiger partial charge in [0.2, 0.25) is 5.88 Å². The predicted molar refractivity (Wildman–Crippen MR) is 310 cm³/mol. The summed E-state index contributed by atoms with van der Waals surface area (Å²) in [4.78, 5) is 32.5. The molecule has 0 unspecified atom stereocenters. The lowest BCUT2D eigenvalue weighted by Crippen LogP contribution is -2.28. The summed E-state index contributed by atoms with van der Waals surface area (Å²) in [5.41, 5.74) is 15.2. The quantitative estimate of drug-likeness (QED) is 0.128. The SMILES string of the molecule is CC(C)Cc1ccccc1O.CC(C)Cc1ccccc1O.Cc1cc2c(cc1C)-c1cc(Cl)nc(=O)n1CC2.Cc1cc2c(cc1C)-c1cc(Oc3ccccc3CC(C)C)nc(=O)n1CC2.Cc1ccccc1O. The van der Waals surface area contributed by atoms with E-state index in [-0.39, 0.29) is 16.5 Å². The van der Waals surface area contributed by atoms with Crippen molar-refractivity contribution in [3.8, 4) is 51.4 Å². The third kappa shape index (κ3) is 15.8. The fourth-order valence-corrected chi connectivity index (χ4v) is 9.31. The normalized spacial score (nSPS) is 11.7. The van der Waals surface area contributed by atoms with Crippen molar-refractivity contribution in [1.82, 2.24) is 19.1 Å². The summed E-state index contributed by atoms with van der Waals surface area (Å²) >= 11 is 5.90. The van der Waals surface area contributed by atoms with E-state index in [1.165, 1.54) is 33.4 Å². The average Bonchev–Trinajstić information content (AvgIpc) is 3.36. The molecule has 0 fully saturated rings. The Morgan fingerprint density at radius 1 is 0.487 bits per heavy atom. The number of aromatic nitrogens is 4. The number of rotatable bonds is 8. The van der Waals surface area contributed by atoms with Gasteiger partial charge >= 0.3 is 11.4 Å². The molecule has 3 N–H and O–H groups in total. The zero-order valence-corrected chi connectivity index (χ0v) is 46.9. The first kappa shape index (κ1) is 57.8. The largest absolute Gasteiger partial charge is 0.508 e. The summed E-state index contributed by atoms with van der Waals surface area (Å²) in [6, 6.07) is 42.7. The van der Waals surface area contributed by atoms with Gasteiger partial charge in [-0.15, -0.1) is 0 Å². The molecule has 0 amide bonds. The van der Waals surface area contributed by atoms with Crippen LogP contribution in [0.3, 0.4) is 0 Å². The maximum Gasteiger partial charge on any atom is 0.351 e. The molecule has 0 aliphatic carbocycles. The van der Waals surface area contributed by atoms with Crippen molar-refractivity contribution in [3.05, 3.63) is 215 Å². The summed E-state index contributed by atoms with van der Waals surface area (Å²) in [7, 11) is 0. The highest BCUT2D eigenvalue weighted by molar-refractivity contribution is 6.29. The molecule has 0 saturated heterocycles. The van der Waals surface area contributed by atoms with E-state index in [0.717, 1.165) is 82.6 Å². The van der Waals surface area contributed by atoms with Crippen LogP contribution in [0.2, 0.25) is 5.15 Å². The van der Waals surface area contributed by atoms with Crippen LogP contribution >= 0.6 is 11.6 Å². The molecule has 0 atom stereocenters. The van der Waals surface area contributed by atoms with Gasteiger partial charge in [0.05, 0.1) is 11.4 Å². The molecule has 11 heteroatoms. The molecule has 0 saturated carbocycles. The van der Waals surface area contributed by atoms with Gasteiger partial charge in [-0.2, -0.15) is 9.97 Å². The lowest BCUT2D eigenvalue weighted by molar-refractivity contribution is 0.444. The molecule has 8 aromatic rings. The summed E-state index contributed by atoms with van der Waals surface area (Å²) in [5, 5.41) is 27.9. The summed E-state index contributed by atoms with van der Waals surface area (Å²) in [6.45, 7) is 24.6. The van der Waals surface area contributed by atoms with Gasteiger partial charge in [-0.3, -0.25) is 9.13 Å². The highest BCUT2D eigenvalue weighted by Gasteiger charge is 2.22. The van der Waals surface area contributed by atoms with Crippen molar-refractivity contribution >= 4 is 11.6 Å². The Labute approximate surface area is 454 Å². The van der Waals surface area contributed by atoms with Crippen LogP contribution in [-0.4, -0.2) is 34.4 Å².